The van der Waals surface area contributed by atoms with Crippen LogP contribution in [0.2, 0.25) is 0 Å². The van der Waals surface area contributed by atoms with Gasteiger partial charge in [-0.05, 0) is 57.1 Å². The molecule has 11 heteroatoms. The van der Waals surface area contributed by atoms with Crippen molar-refractivity contribution in [2.24, 2.45) is 5.92 Å². The van der Waals surface area contributed by atoms with Gasteiger partial charge in [-0.2, -0.15) is 0 Å². The summed E-state index contributed by atoms with van der Waals surface area (Å²) in [4.78, 5) is 64.1. The van der Waals surface area contributed by atoms with E-state index >= 15 is 0 Å². The lowest BCUT2D eigenvalue weighted by molar-refractivity contribution is -0.162. The average Bonchev–Trinajstić information content (AvgIpc) is 2.96. The van der Waals surface area contributed by atoms with E-state index in [4.69, 9.17) is 14.2 Å². The molecule has 0 fully saturated rings. The first-order valence-electron chi connectivity index (χ1n) is 15.2. The highest BCUT2D eigenvalue weighted by atomic mass is 16.6. The highest BCUT2D eigenvalue weighted by Crippen LogP contribution is 2.11. The summed E-state index contributed by atoms with van der Waals surface area (Å²) in [7, 11) is 0. The molecule has 2 aromatic carbocycles. The third kappa shape index (κ3) is 15.3. The summed E-state index contributed by atoms with van der Waals surface area (Å²) >= 11 is 0. The first-order valence-corrected chi connectivity index (χ1v) is 15.2. The van der Waals surface area contributed by atoms with Crippen LogP contribution in [0.25, 0.3) is 0 Å². The second-order valence-corrected chi connectivity index (χ2v) is 12.2. The molecule has 0 spiro atoms. The van der Waals surface area contributed by atoms with Crippen LogP contribution in [0.5, 0.6) is 0 Å². The first kappa shape index (κ1) is 36.9. The molecule has 0 unspecified atom stereocenters. The molecule has 0 radical (unpaired) electrons. The third-order valence-electron chi connectivity index (χ3n) is 6.35. The molecule has 45 heavy (non-hydrogen) atoms. The van der Waals surface area contributed by atoms with E-state index in [2.05, 4.69) is 16.0 Å². The van der Waals surface area contributed by atoms with Crippen LogP contribution in [-0.2, 0) is 51.2 Å². The Bertz CT molecular complexity index is 1250. The summed E-state index contributed by atoms with van der Waals surface area (Å²) in [6, 6.07) is 15.4. The number of carbonyl (C=O) groups is 5. The van der Waals surface area contributed by atoms with Crippen molar-refractivity contribution in [3.05, 3.63) is 71.8 Å². The Morgan fingerprint density at radius 2 is 1.31 bits per heavy atom. The van der Waals surface area contributed by atoms with Crippen molar-refractivity contribution in [3.63, 3.8) is 0 Å². The van der Waals surface area contributed by atoms with E-state index in [0.29, 0.717) is 12.8 Å². The van der Waals surface area contributed by atoms with Crippen LogP contribution in [0.3, 0.4) is 0 Å². The number of amides is 3. The van der Waals surface area contributed by atoms with Crippen LogP contribution < -0.4 is 16.0 Å². The van der Waals surface area contributed by atoms with Crippen molar-refractivity contribution in [1.82, 2.24) is 16.0 Å². The van der Waals surface area contributed by atoms with Crippen molar-refractivity contribution < 1.29 is 38.2 Å². The lowest BCUT2D eigenvalue weighted by atomic mass is 10.0. The van der Waals surface area contributed by atoms with Gasteiger partial charge in [0.1, 0.15) is 30.9 Å². The number of hydrogen-bond donors (Lipinski definition) is 3. The van der Waals surface area contributed by atoms with Gasteiger partial charge >= 0.3 is 11.9 Å². The predicted molar refractivity (Wildman–Crippen MR) is 169 cm³/mol. The van der Waals surface area contributed by atoms with Gasteiger partial charge in [0.2, 0.25) is 17.7 Å². The van der Waals surface area contributed by atoms with Crippen molar-refractivity contribution in [2.75, 3.05) is 13.2 Å². The van der Waals surface area contributed by atoms with Crippen LogP contribution in [0.1, 0.15) is 65.5 Å². The van der Waals surface area contributed by atoms with Gasteiger partial charge in [0.15, 0.2) is 6.04 Å². The molecular formula is C34H47N3O8. The number of rotatable bonds is 17. The zero-order chi connectivity index (χ0) is 33.4. The molecule has 0 aliphatic rings. The minimum absolute atomic E-state index is 0.00325. The number of carbonyl (C=O) groups excluding carboxylic acids is 5. The molecule has 0 saturated heterocycles. The maximum absolute atomic E-state index is 13.5. The van der Waals surface area contributed by atoms with E-state index in [-0.39, 0.29) is 31.5 Å². The van der Waals surface area contributed by atoms with Gasteiger partial charge in [-0.25, -0.2) is 9.59 Å². The molecule has 0 heterocycles. The van der Waals surface area contributed by atoms with Crippen molar-refractivity contribution in [3.8, 4) is 0 Å². The normalized spacial score (nSPS) is 13.2. The quantitative estimate of drug-likeness (QED) is 0.227. The van der Waals surface area contributed by atoms with Gasteiger partial charge < -0.3 is 30.2 Å². The largest absolute Gasteiger partial charge is 0.459 e. The van der Waals surface area contributed by atoms with Crippen LogP contribution >= 0.6 is 0 Å². The standard InChI is InChI=1S/C34H47N3O8/c1-23(2)19-28(36-31(40)27(35-24(3)38)18-17-25-13-9-7-10-14-25)32(41)37-29(21-43-22-30(39)45-34(4,5)6)33(42)44-20-26-15-11-8-12-16-26/h7-16,23,27-29H,17-22H2,1-6H3,(H,35,38)(H,36,40)(H,37,41)/t27-,28-,29-/m0/s1. The van der Waals surface area contributed by atoms with Crippen LogP contribution in [0.15, 0.2) is 60.7 Å². The summed E-state index contributed by atoms with van der Waals surface area (Å²) in [6.07, 6.45) is 1.11. The van der Waals surface area contributed by atoms with Crippen molar-refractivity contribution >= 4 is 29.7 Å². The molecule has 0 saturated carbocycles. The predicted octanol–water partition coefficient (Wildman–Crippen LogP) is 3.24. The van der Waals surface area contributed by atoms with E-state index in [1.807, 2.05) is 50.2 Å². The Balaban J connectivity index is 2.15. The Morgan fingerprint density at radius 3 is 1.87 bits per heavy atom. The Morgan fingerprint density at radius 1 is 0.756 bits per heavy atom. The van der Waals surface area contributed by atoms with Crippen LogP contribution in [0, 0.1) is 5.92 Å². The zero-order valence-electron chi connectivity index (χ0n) is 27.1. The number of esters is 2. The first-order chi connectivity index (χ1) is 21.2. The highest BCUT2D eigenvalue weighted by Gasteiger charge is 2.31. The minimum atomic E-state index is -1.28. The molecule has 11 nitrogen and oxygen atoms in total. The molecule has 0 aromatic heterocycles. The molecule has 2 rings (SSSR count). The summed E-state index contributed by atoms with van der Waals surface area (Å²) in [6.45, 7) is 9.41. The smallest absolute Gasteiger partial charge is 0.332 e. The number of benzene rings is 2. The maximum atomic E-state index is 13.5. The lowest BCUT2D eigenvalue weighted by Gasteiger charge is -2.26. The van der Waals surface area contributed by atoms with E-state index in [9.17, 15) is 24.0 Å². The van der Waals surface area contributed by atoms with Gasteiger partial charge in [0, 0.05) is 6.92 Å². The van der Waals surface area contributed by atoms with E-state index in [1.54, 1.807) is 45.0 Å². The molecule has 0 aliphatic carbocycles. The molecule has 0 bridgehead atoms. The molecule has 2 aromatic rings. The fourth-order valence-corrected chi connectivity index (χ4v) is 4.35. The molecule has 3 N–H and O–H groups in total. The van der Waals surface area contributed by atoms with E-state index < -0.39 is 54.1 Å². The van der Waals surface area contributed by atoms with Crippen molar-refractivity contribution in [2.45, 2.75) is 91.1 Å². The highest BCUT2D eigenvalue weighted by molar-refractivity contribution is 5.93. The molecule has 246 valence electrons. The van der Waals surface area contributed by atoms with Crippen LogP contribution in [0.4, 0.5) is 0 Å². The monoisotopic (exact) mass is 625 g/mol. The zero-order valence-corrected chi connectivity index (χ0v) is 27.1. The summed E-state index contributed by atoms with van der Waals surface area (Å²) in [5, 5.41) is 8.06. The minimum Gasteiger partial charge on any atom is -0.459 e. The number of hydrogen-bond acceptors (Lipinski definition) is 8. The third-order valence-corrected chi connectivity index (χ3v) is 6.35. The van der Waals surface area contributed by atoms with Crippen molar-refractivity contribution in [1.29, 1.82) is 0 Å². The molecule has 3 atom stereocenters. The SMILES string of the molecule is CC(=O)N[C@@H](CCc1ccccc1)C(=O)N[C@@H](CC(C)C)C(=O)N[C@@H](COCC(=O)OC(C)(C)C)C(=O)OCc1ccccc1. The lowest BCUT2D eigenvalue weighted by Crippen LogP contribution is -2.56. The summed E-state index contributed by atoms with van der Waals surface area (Å²) < 4.78 is 16.1. The van der Waals surface area contributed by atoms with Gasteiger partial charge in [0.25, 0.3) is 0 Å². The molecular weight excluding hydrogens is 578 g/mol. The fourth-order valence-electron chi connectivity index (χ4n) is 4.35. The summed E-state index contributed by atoms with van der Waals surface area (Å²) in [5.41, 5.74) is 1.02. The van der Waals surface area contributed by atoms with Gasteiger partial charge in [-0.3, -0.25) is 14.4 Å². The van der Waals surface area contributed by atoms with Gasteiger partial charge in [-0.1, -0.05) is 74.5 Å². The Hall–Kier alpha value is -4.25. The number of aryl methyl sites for hydroxylation is 1. The Labute approximate surface area is 265 Å². The summed E-state index contributed by atoms with van der Waals surface area (Å²) in [5.74, 6) is -2.94. The van der Waals surface area contributed by atoms with Gasteiger partial charge in [0.05, 0.1) is 6.61 Å². The Kier molecular flexibility index (Phi) is 15.2. The number of ether oxygens (including phenoxy) is 3. The molecule has 3 amide bonds. The molecule has 0 aliphatic heterocycles. The van der Waals surface area contributed by atoms with Gasteiger partial charge in [-0.15, -0.1) is 0 Å². The second-order valence-electron chi connectivity index (χ2n) is 12.2. The number of nitrogens with one attached hydrogen (secondary N) is 3. The second kappa shape index (κ2) is 18.5. The topological polar surface area (TPSA) is 149 Å². The van der Waals surface area contributed by atoms with E-state index in [0.717, 1.165) is 11.1 Å². The maximum Gasteiger partial charge on any atom is 0.332 e. The van der Waals surface area contributed by atoms with E-state index in [1.165, 1.54) is 6.92 Å². The average molecular weight is 626 g/mol. The fraction of sp³-hybridized carbons (Fsp3) is 0.500. The van der Waals surface area contributed by atoms with Crippen LogP contribution in [-0.4, -0.2) is 66.6 Å².